The van der Waals surface area contributed by atoms with Crippen LogP contribution in [-0.4, -0.2) is 72.2 Å². The second-order valence-electron chi connectivity index (χ2n) is 9.43. The average molecular weight is 528 g/mol. The minimum atomic E-state index is -0.293. The summed E-state index contributed by atoms with van der Waals surface area (Å²) in [6.45, 7) is 7.35. The number of carbonyl (C=O) groups excluding carboxylic acids is 1. The Morgan fingerprint density at radius 3 is 2.85 bits per heavy atom. The van der Waals surface area contributed by atoms with E-state index in [4.69, 9.17) is 9.47 Å². The highest BCUT2D eigenvalue weighted by Gasteiger charge is 2.25. The van der Waals surface area contributed by atoms with Gasteiger partial charge < -0.3 is 30.0 Å². The first-order valence-electron chi connectivity index (χ1n) is 12.9. The van der Waals surface area contributed by atoms with Crippen LogP contribution in [0.2, 0.25) is 0 Å². The Kier molecular flexibility index (Phi) is 8.04. The summed E-state index contributed by atoms with van der Waals surface area (Å²) in [5.74, 6) is 1.04. The van der Waals surface area contributed by atoms with Crippen LogP contribution >= 0.6 is 0 Å². The molecule has 2 aromatic heterocycles. The number of aromatic amines is 1. The number of rotatable bonds is 11. The molecule has 1 aliphatic rings. The molecule has 0 saturated carbocycles. The quantitative estimate of drug-likeness (QED) is 0.239. The molecule has 39 heavy (non-hydrogen) atoms. The highest BCUT2D eigenvalue weighted by Crippen LogP contribution is 2.31. The molecule has 1 aliphatic heterocycles. The summed E-state index contributed by atoms with van der Waals surface area (Å²) in [5.41, 5.74) is 3.27. The zero-order valence-corrected chi connectivity index (χ0v) is 22.2. The van der Waals surface area contributed by atoms with Gasteiger partial charge in [0.15, 0.2) is 0 Å². The van der Waals surface area contributed by atoms with Crippen LogP contribution in [0.15, 0.2) is 73.4 Å². The fourth-order valence-corrected chi connectivity index (χ4v) is 4.66. The third kappa shape index (κ3) is 6.36. The predicted octanol–water partition coefficient (Wildman–Crippen LogP) is 4.78. The third-order valence-corrected chi connectivity index (χ3v) is 6.82. The van der Waals surface area contributed by atoms with Crippen molar-refractivity contribution < 1.29 is 14.3 Å². The summed E-state index contributed by atoms with van der Waals surface area (Å²) in [6, 6.07) is 17.7. The van der Waals surface area contributed by atoms with Crippen molar-refractivity contribution in [3.05, 3.63) is 73.4 Å². The number of H-pyrrole nitrogens is 1. The van der Waals surface area contributed by atoms with E-state index in [9.17, 15) is 4.79 Å². The number of ether oxygens (including phenoxy) is 2. The Labute approximate surface area is 227 Å². The van der Waals surface area contributed by atoms with E-state index < -0.39 is 0 Å². The number of anilines is 4. The number of carbonyl (C=O) groups is 1. The molecule has 1 amide bonds. The number of nitrogens with zero attached hydrogens (tertiary/aromatic N) is 4. The number of fused-ring (bicyclic) bond motifs is 1. The molecule has 0 aliphatic carbocycles. The molecule has 0 bridgehead atoms. The van der Waals surface area contributed by atoms with E-state index in [0.717, 1.165) is 49.4 Å². The summed E-state index contributed by atoms with van der Waals surface area (Å²) in [4.78, 5) is 28.8. The zero-order chi connectivity index (χ0) is 27.2. The largest absolute Gasteiger partial charge is 0.438 e. The number of hydrogen-bond donors (Lipinski definition) is 3. The van der Waals surface area contributed by atoms with Crippen molar-refractivity contribution >= 4 is 40.0 Å². The van der Waals surface area contributed by atoms with Crippen LogP contribution in [0.4, 0.5) is 23.0 Å². The van der Waals surface area contributed by atoms with Crippen LogP contribution in [0.5, 0.6) is 11.6 Å². The Morgan fingerprint density at radius 1 is 1.21 bits per heavy atom. The lowest BCUT2D eigenvalue weighted by molar-refractivity contribution is -0.111. The predicted molar refractivity (Wildman–Crippen MR) is 154 cm³/mol. The second kappa shape index (κ2) is 12.0. The van der Waals surface area contributed by atoms with Crippen LogP contribution in [0.25, 0.3) is 11.0 Å². The Morgan fingerprint density at radius 2 is 2.05 bits per heavy atom. The van der Waals surface area contributed by atoms with E-state index in [1.54, 1.807) is 37.6 Å². The van der Waals surface area contributed by atoms with E-state index in [0.29, 0.717) is 35.0 Å². The molecule has 2 aromatic carbocycles. The van der Waals surface area contributed by atoms with E-state index in [2.05, 4.69) is 61.1 Å². The minimum absolute atomic E-state index is 0.293. The van der Waals surface area contributed by atoms with Crippen molar-refractivity contribution in [3.8, 4) is 11.6 Å². The fraction of sp³-hybridized carbons (Fsp3) is 0.276. The lowest BCUT2D eigenvalue weighted by atomic mass is 10.2. The molecule has 5 rings (SSSR count). The van der Waals surface area contributed by atoms with Gasteiger partial charge in [0.2, 0.25) is 17.7 Å². The number of hydrogen-bond acceptors (Lipinski definition) is 8. The second-order valence-corrected chi connectivity index (χ2v) is 9.43. The van der Waals surface area contributed by atoms with E-state index in [-0.39, 0.29) is 5.91 Å². The Bertz CT molecular complexity index is 1440. The molecule has 10 heteroatoms. The molecule has 1 saturated heterocycles. The zero-order valence-electron chi connectivity index (χ0n) is 22.2. The first-order valence-corrected chi connectivity index (χ1v) is 12.9. The third-order valence-electron chi connectivity index (χ3n) is 6.82. The van der Waals surface area contributed by atoms with Gasteiger partial charge >= 0.3 is 0 Å². The molecular formula is C29H33N7O3. The maximum absolute atomic E-state index is 11.7. The van der Waals surface area contributed by atoms with Crippen LogP contribution in [0, 0.1) is 0 Å². The summed E-state index contributed by atoms with van der Waals surface area (Å²) >= 11 is 0. The van der Waals surface area contributed by atoms with Gasteiger partial charge in [0, 0.05) is 69.2 Å². The normalized spacial score (nSPS) is 15.3. The fourth-order valence-electron chi connectivity index (χ4n) is 4.66. The van der Waals surface area contributed by atoms with Crippen molar-refractivity contribution in [1.82, 2.24) is 19.9 Å². The minimum Gasteiger partial charge on any atom is -0.438 e. The summed E-state index contributed by atoms with van der Waals surface area (Å²) in [5, 5.41) is 6.77. The lowest BCUT2D eigenvalue weighted by Gasteiger charge is -2.27. The molecule has 4 aromatic rings. The number of aromatic nitrogens is 3. The number of benzene rings is 2. The van der Waals surface area contributed by atoms with Gasteiger partial charge in [0.1, 0.15) is 11.4 Å². The van der Waals surface area contributed by atoms with Gasteiger partial charge in [-0.15, -0.1) is 0 Å². The lowest BCUT2D eigenvalue weighted by Crippen LogP contribution is -2.35. The first kappa shape index (κ1) is 26.2. The number of likely N-dealkylation sites (tertiary alicyclic amines) is 1. The monoisotopic (exact) mass is 527 g/mol. The van der Waals surface area contributed by atoms with Gasteiger partial charge in [-0.2, -0.15) is 9.97 Å². The molecule has 1 atom stereocenters. The molecule has 0 radical (unpaired) electrons. The molecule has 202 valence electrons. The molecule has 10 nitrogen and oxygen atoms in total. The summed E-state index contributed by atoms with van der Waals surface area (Å²) in [6.07, 6.45) is 4.15. The van der Waals surface area contributed by atoms with Crippen LogP contribution in [0.1, 0.15) is 6.42 Å². The molecule has 3 N–H and O–H groups in total. The van der Waals surface area contributed by atoms with Gasteiger partial charge in [-0.1, -0.05) is 12.6 Å². The topological polar surface area (TPSA) is 108 Å². The van der Waals surface area contributed by atoms with Gasteiger partial charge in [0.25, 0.3) is 0 Å². The Hall–Kier alpha value is -4.41. The molecule has 0 unspecified atom stereocenters. The smallest absolute Gasteiger partial charge is 0.247 e. The number of likely N-dealkylation sites (N-methyl/N-ethyl adjacent to an activating group) is 1. The summed E-state index contributed by atoms with van der Waals surface area (Å²) in [7, 11) is 3.90. The SMILES string of the molecule is C=CC(=O)Nc1cccc(Oc2nc(Nc3ccc(N(C)[C@H]4CCN(CCOC)C4)cc3)nc3[nH]ccc23)c1. The van der Waals surface area contributed by atoms with E-state index in [1.165, 1.54) is 6.08 Å². The molecule has 1 fully saturated rings. The van der Waals surface area contributed by atoms with Crippen LogP contribution < -0.4 is 20.3 Å². The molecular weight excluding hydrogens is 494 g/mol. The standard InChI is InChI=1S/C29H33N7O3/c1-4-26(37)31-21-6-5-7-24(18-21)39-28-25-12-14-30-27(25)33-29(34-28)32-20-8-10-22(11-9-20)35(2)23-13-15-36(19-23)16-17-38-3/h4-12,14,18,23H,1,13,15-17,19H2,2-3H3,(H,31,37)(H2,30,32,33,34)/t23-/m0/s1. The number of methoxy groups -OCH3 is 1. The maximum atomic E-state index is 11.7. The molecule has 3 heterocycles. The summed E-state index contributed by atoms with van der Waals surface area (Å²) < 4.78 is 11.3. The van der Waals surface area contributed by atoms with Crippen molar-refractivity contribution in [2.24, 2.45) is 0 Å². The van der Waals surface area contributed by atoms with Gasteiger partial charge in [-0.05, 0) is 55.0 Å². The number of nitrogens with one attached hydrogen (secondary N) is 3. The maximum Gasteiger partial charge on any atom is 0.247 e. The highest BCUT2D eigenvalue weighted by atomic mass is 16.5. The first-order chi connectivity index (χ1) is 19.0. The average Bonchev–Trinajstić information content (AvgIpc) is 3.62. The van der Waals surface area contributed by atoms with E-state index >= 15 is 0 Å². The van der Waals surface area contributed by atoms with E-state index in [1.807, 2.05) is 18.2 Å². The van der Waals surface area contributed by atoms with Crippen molar-refractivity contribution in [2.75, 3.05) is 55.9 Å². The van der Waals surface area contributed by atoms with Crippen molar-refractivity contribution in [3.63, 3.8) is 0 Å². The highest BCUT2D eigenvalue weighted by molar-refractivity contribution is 5.99. The van der Waals surface area contributed by atoms with Crippen LogP contribution in [0.3, 0.4) is 0 Å². The van der Waals surface area contributed by atoms with Gasteiger partial charge in [-0.25, -0.2) is 0 Å². The van der Waals surface area contributed by atoms with Gasteiger partial charge in [0.05, 0.1) is 12.0 Å². The number of amides is 1. The van der Waals surface area contributed by atoms with Gasteiger partial charge in [-0.3, -0.25) is 9.69 Å². The van der Waals surface area contributed by atoms with Crippen molar-refractivity contribution in [1.29, 1.82) is 0 Å². The Balaban J connectivity index is 1.28. The van der Waals surface area contributed by atoms with Crippen LogP contribution in [-0.2, 0) is 9.53 Å². The molecule has 0 spiro atoms. The van der Waals surface area contributed by atoms with Crippen molar-refractivity contribution in [2.45, 2.75) is 12.5 Å².